The van der Waals surface area contributed by atoms with Crippen LogP contribution in [-0.4, -0.2) is 28.5 Å². The number of carbonyl (C=O) groups is 1. The quantitative estimate of drug-likeness (QED) is 0.567. The van der Waals surface area contributed by atoms with Gasteiger partial charge in [0.1, 0.15) is 6.04 Å². The molecule has 1 aliphatic heterocycles. The Morgan fingerprint density at radius 2 is 2.25 bits per heavy atom. The van der Waals surface area contributed by atoms with Crippen LogP contribution < -0.4 is 10.6 Å². The van der Waals surface area contributed by atoms with Gasteiger partial charge in [-0.3, -0.25) is 14.9 Å². The van der Waals surface area contributed by atoms with Gasteiger partial charge in [0.05, 0.1) is 11.5 Å². The maximum atomic E-state index is 11.8. The highest BCUT2D eigenvalue weighted by Gasteiger charge is 2.21. The largest absolute Gasteiger partial charge is 0.392 e. The number of nitro benzene ring substituents is 1. The lowest BCUT2D eigenvalue weighted by atomic mass is 10.1. The fraction of sp³-hybridized carbons (Fsp3) is 0.462. The number of carbonyl (C=O) groups excluding carboxylic acids is 1. The van der Waals surface area contributed by atoms with Gasteiger partial charge in [-0.1, -0.05) is 0 Å². The van der Waals surface area contributed by atoms with Gasteiger partial charge in [-0.15, -0.1) is 0 Å². The van der Waals surface area contributed by atoms with E-state index in [0.717, 1.165) is 12.8 Å². The SMILES string of the molecule is O=C1NCCCCC1Nc1ccc([N+](=O)[O-])cc1CO. The highest BCUT2D eigenvalue weighted by Crippen LogP contribution is 2.24. The lowest BCUT2D eigenvalue weighted by Gasteiger charge is -2.18. The number of benzene rings is 1. The number of amides is 1. The minimum absolute atomic E-state index is 0.0788. The Balaban J connectivity index is 2.19. The molecule has 1 unspecified atom stereocenters. The van der Waals surface area contributed by atoms with Crippen molar-refractivity contribution in [2.24, 2.45) is 0 Å². The number of nitrogens with one attached hydrogen (secondary N) is 2. The molecular weight excluding hydrogens is 262 g/mol. The van der Waals surface area contributed by atoms with E-state index in [1.54, 1.807) is 0 Å². The van der Waals surface area contributed by atoms with Crippen molar-refractivity contribution in [3.05, 3.63) is 33.9 Å². The molecule has 1 aromatic rings. The second kappa shape index (κ2) is 6.33. The number of nitro groups is 1. The molecule has 7 heteroatoms. The molecule has 1 aromatic carbocycles. The number of hydrogen-bond donors (Lipinski definition) is 3. The summed E-state index contributed by atoms with van der Waals surface area (Å²) in [6, 6.07) is 3.83. The third-order valence-electron chi connectivity index (χ3n) is 3.34. The summed E-state index contributed by atoms with van der Waals surface area (Å²) in [5, 5.41) is 25.9. The standard InChI is InChI=1S/C13H17N3O4/c17-8-9-7-10(16(19)20)4-5-11(9)15-12-3-1-2-6-14-13(12)18/h4-5,7,12,15,17H,1-3,6,8H2,(H,14,18). The molecule has 1 aliphatic rings. The molecule has 0 aliphatic carbocycles. The Morgan fingerprint density at radius 1 is 1.45 bits per heavy atom. The molecular formula is C13H17N3O4. The molecule has 20 heavy (non-hydrogen) atoms. The molecule has 0 aromatic heterocycles. The van der Waals surface area contributed by atoms with Gasteiger partial charge in [0.15, 0.2) is 0 Å². The van der Waals surface area contributed by atoms with Gasteiger partial charge in [0, 0.05) is 29.9 Å². The number of aliphatic hydroxyl groups excluding tert-OH is 1. The molecule has 0 radical (unpaired) electrons. The van der Waals surface area contributed by atoms with Gasteiger partial charge in [0.25, 0.3) is 5.69 Å². The first-order valence-corrected chi connectivity index (χ1v) is 6.54. The fourth-order valence-corrected chi connectivity index (χ4v) is 2.23. The van der Waals surface area contributed by atoms with Crippen LogP contribution in [0.1, 0.15) is 24.8 Å². The van der Waals surface area contributed by atoms with Crippen molar-refractivity contribution in [3.63, 3.8) is 0 Å². The monoisotopic (exact) mass is 279 g/mol. The van der Waals surface area contributed by atoms with Gasteiger partial charge in [0.2, 0.25) is 5.91 Å². The van der Waals surface area contributed by atoms with Gasteiger partial charge < -0.3 is 15.7 Å². The summed E-state index contributed by atoms with van der Waals surface area (Å²) in [4.78, 5) is 22.0. The van der Waals surface area contributed by atoms with Gasteiger partial charge >= 0.3 is 0 Å². The van der Waals surface area contributed by atoms with E-state index in [2.05, 4.69) is 10.6 Å². The van der Waals surface area contributed by atoms with Crippen LogP contribution in [0.3, 0.4) is 0 Å². The van der Waals surface area contributed by atoms with E-state index in [1.807, 2.05) is 0 Å². The molecule has 0 spiro atoms. The van der Waals surface area contributed by atoms with Crippen molar-refractivity contribution < 1.29 is 14.8 Å². The van der Waals surface area contributed by atoms with E-state index in [0.29, 0.717) is 24.2 Å². The summed E-state index contributed by atoms with van der Waals surface area (Å²) in [6.45, 7) is 0.350. The third kappa shape index (κ3) is 3.24. The van der Waals surface area contributed by atoms with E-state index in [9.17, 15) is 20.0 Å². The van der Waals surface area contributed by atoms with E-state index in [1.165, 1.54) is 18.2 Å². The van der Waals surface area contributed by atoms with Crippen LogP contribution in [0.5, 0.6) is 0 Å². The number of anilines is 1. The second-order valence-corrected chi connectivity index (χ2v) is 4.74. The molecule has 1 atom stereocenters. The molecule has 3 N–H and O–H groups in total. The minimum atomic E-state index is -0.513. The summed E-state index contributed by atoms with van der Waals surface area (Å²) in [6.07, 6.45) is 2.57. The summed E-state index contributed by atoms with van der Waals surface area (Å²) in [5.41, 5.74) is 0.890. The number of nitrogens with zero attached hydrogens (tertiary/aromatic N) is 1. The minimum Gasteiger partial charge on any atom is -0.392 e. The zero-order chi connectivity index (χ0) is 14.5. The second-order valence-electron chi connectivity index (χ2n) is 4.74. The lowest BCUT2D eigenvalue weighted by molar-refractivity contribution is -0.384. The predicted molar refractivity (Wildman–Crippen MR) is 73.3 cm³/mol. The Morgan fingerprint density at radius 3 is 2.95 bits per heavy atom. The van der Waals surface area contributed by atoms with Crippen molar-refractivity contribution in [1.29, 1.82) is 0 Å². The van der Waals surface area contributed by atoms with Crippen LogP contribution in [0.25, 0.3) is 0 Å². The average Bonchev–Trinajstić information content (AvgIpc) is 2.64. The first-order chi connectivity index (χ1) is 9.61. The van der Waals surface area contributed by atoms with Crippen LogP contribution in [0.2, 0.25) is 0 Å². The van der Waals surface area contributed by atoms with E-state index >= 15 is 0 Å². The molecule has 1 saturated heterocycles. The Kier molecular flexibility index (Phi) is 4.52. The Bertz CT molecular complexity index is 518. The van der Waals surface area contributed by atoms with E-state index in [4.69, 9.17) is 0 Å². The molecule has 0 bridgehead atoms. The maximum Gasteiger partial charge on any atom is 0.269 e. The van der Waals surface area contributed by atoms with Gasteiger partial charge in [-0.05, 0) is 25.3 Å². The van der Waals surface area contributed by atoms with Crippen LogP contribution in [0, 0.1) is 10.1 Å². The van der Waals surface area contributed by atoms with Crippen molar-refractivity contribution in [1.82, 2.24) is 5.32 Å². The summed E-state index contributed by atoms with van der Waals surface area (Å²) in [7, 11) is 0. The first-order valence-electron chi connectivity index (χ1n) is 6.54. The summed E-state index contributed by atoms with van der Waals surface area (Å²) >= 11 is 0. The molecule has 7 nitrogen and oxygen atoms in total. The first kappa shape index (κ1) is 14.3. The van der Waals surface area contributed by atoms with E-state index < -0.39 is 4.92 Å². The Hall–Kier alpha value is -2.15. The van der Waals surface area contributed by atoms with Crippen LogP contribution in [-0.2, 0) is 11.4 Å². The molecule has 2 rings (SSSR count). The van der Waals surface area contributed by atoms with E-state index in [-0.39, 0.29) is 24.2 Å². The molecule has 0 saturated carbocycles. The maximum absolute atomic E-state index is 11.8. The van der Waals surface area contributed by atoms with Crippen molar-refractivity contribution in [2.45, 2.75) is 31.9 Å². The van der Waals surface area contributed by atoms with Gasteiger partial charge in [-0.25, -0.2) is 0 Å². The summed E-state index contributed by atoms with van der Waals surface area (Å²) in [5.74, 6) is -0.0789. The van der Waals surface area contributed by atoms with Crippen LogP contribution >= 0.6 is 0 Å². The molecule has 1 amide bonds. The molecule has 1 fully saturated rings. The van der Waals surface area contributed by atoms with Crippen molar-refractivity contribution in [3.8, 4) is 0 Å². The summed E-state index contributed by atoms with van der Waals surface area (Å²) < 4.78 is 0. The zero-order valence-electron chi connectivity index (χ0n) is 11.0. The average molecular weight is 279 g/mol. The predicted octanol–water partition coefficient (Wildman–Crippen LogP) is 1.17. The van der Waals surface area contributed by atoms with Crippen molar-refractivity contribution in [2.75, 3.05) is 11.9 Å². The third-order valence-corrected chi connectivity index (χ3v) is 3.34. The molecule has 1 heterocycles. The number of aliphatic hydroxyl groups is 1. The lowest BCUT2D eigenvalue weighted by Crippen LogP contribution is -2.38. The van der Waals surface area contributed by atoms with Gasteiger partial charge in [-0.2, -0.15) is 0 Å². The number of hydrogen-bond acceptors (Lipinski definition) is 5. The topological polar surface area (TPSA) is 104 Å². The highest BCUT2D eigenvalue weighted by atomic mass is 16.6. The molecule has 108 valence electrons. The zero-order valence-corrected chi connectivity index (χ0v) is 11.0. The normalized spacial score (nSPS) is 19.1. The fourth-order valence-electron chi connectivity index (χ4n) is 2.23. The Labute approximate surface area is 116 Å². The van der Waals surface area contributed by atoms with Crippen LogP contribution in [0.15, 0.2) is 18.2 Å². The van der Waals surface area contributed by atoms with Crippen molar-refractivity contribution >= 4 is 17.3 Å². The highest BCUT2D eigenvalue weighted by molar-refractivity contribution is 5.85. The smallest absolute Gasteiger partial charge is 0.269 e. The number of non-ortho nitro benzene ring substituents is 1. The van der Waals surface area contributed by atoms with Crippen LogP contribution in [0.4, 0.5) is 11.4 Å². The number of rotatable bonds is 4.